The number of hydrogen-bond acceptors (Lipinski definition) is 4. The van der Waals surface area contributed by atoms with Crippen molar-refractivity contribution in [1.82, 2.24) is 9.88 Å². The predicted molar refractivity (Wildman–Crippen MR) is 83.1 cm³/mol. The van der Waals surface area contributed by atoms with E-state index in [9.17, 15) is 0 Å². The highest BCUT2D eigenvalue weighted by Gasteiger charge is 2.25. The monoisotopic (exact) mass is 294 g/mol. The summed E-state index contributed by atoms with van der Waals surface area (Å²) in [5.41, 5.74) is 0. The fourth-order valence-electron chi connectivity index (χ4n) is 3.71. The van der Waals surface area contributed by atoms with Gasteiger partial charge in [-0.2, -0.15) is 0 Å². The summed E-state index contributed by atoms with van der Waals surface area (Å²) in [6.45, 7) is 2.62. The van der Waals surface area contributed by atoms with Crippen LogP contribution in [0, 0.1) is 0 Å². The molecule has 0 amide bonds. The van der Waals surface area contributed by atoms with E-state index in [0.717, 1.165) is 25.3 Å². The van der Waals surface area contributed by atoms with Crippen LogP contribution in [0.5, 0.6) is 0 Å². The number of hydrogen-bond donors (Lipinski definition) is 1. The number of aliphatic hydroxyl groups is 1. The Bertz CT molecular complexity index is 414. The van der Waals surface area contributed by atoms with Gasteiger partial charge in [-0.1, -0.05) is 12.8 Å². The summed E-state index contributed by atoms with van der Waals surface area (Å²) in [5.74, 6) is 0.748. The molecule has 0 spiro atoms. The van der Waals surface area contributed by atoms with Crippen molar-refractivity contribution in [2.24, 2.45) is 0 Å². The van der Waals surface area contributed by atoms with Crippen LogP contribution >= 0.6 is 11.3 Å². The molecular formula is C16H26N2OS. The van der Waals surface area contributed by atoms with E-state index in [1.54, 1.807) is 0 Å². The van der Waals surface area contributed by atoms with Crippen LogP contribution in [0.3, 0.4) is 0 Å². The van der Waals surface area contributed by atoms with Gasteiger partial charge in [0, 0.05) is 36.2 Å². The fraction of sp³-hybridized carbons (Fsp3) is 0.812. The van der Waals surface area contributed by atoms with Gasteiger partial charge < -0.3 is 5.11 Å². The van der Waals surface area contributed by atoms with Crippen molar-refractivity contribution in [1.29, 1.82) is 0 Å². The van der Waals surface area contributed by atoms with Crippen LogP contribution in [0.2, 0.25) is 0 Å². The second-order valence-electron chi connectivity index (χ2n) is 6.28. The molecule has 2 fully saturated rings. The average molecular weight is 294 g/mol. The van der Waals surface area contributed by atoms with Gasteiger partial charge in [-0.05, 0) is 45.1 Å². The number of aliphatic hydroxyl groups excluding tert-OH is 1. The normalized spacial score (nSPS) is 24.8. The van der Waals surface area contributed by atoms with Crippen LogP contribution in [0.15, 0.2) is 6.20 Å². The first-order chi connectivity index (χ1) is 9.86. The highest BCUT2D eigenvalue weighted by molar-refractivity contribution is 7.11. The number of likely N-dealkylation sites (tertiary alicyclic amines) is 1. The summed E-state index contributed by atoms with van der Waals surface area (Å²) < 4.78 is 0. The van der Waals surface area contributed by atoms with Crippen molar-refractivity contribution in [3.05, 3.63) is 16.1 Å². The quantitative estimate of drug-likeness (QED) is 0.872. The van der Waals surface area contributed by atoms with Crippen molar-refractivity contribution in [2.75, 3.05) is 13.2 Å². The van der Waals surface area contributed by atoms with Crippen molar-refractivity contribution < 1.29 is 5.11 Å². The molecule has 112 valence electrons. The van der Waals surface area contributed by atoms with Gasteiger partial charge in [-0.15, -0.1) is 11.3 Å². The zero-order valence-electron chi connectivity index (χ0n) is 12.3. The van der Waals surface area contributed by atoms with Gasteiger partial charge in [-0.25, -0.2) is 4.98 Å². The highest BCUT2D eigenvalue weighted by Crippen LogP contribution is 2.36. The molecule has 1 N–H and O–H groups in total. The van der Waals surface area contributed by atoms with Gasteiger partial charge in [0.1, 0.15) is 0 Å². The van der Waals surface area contributed by atoms with E-state index in [-0.39, 0.29) is 0 Å². The Morgan fingerprint density at radius 1 is 1.25 bits per heavy atom. The first kappa shape index (κ1) is 14.5. The van der Waals surface area contributed by atoms with Crippen LogP contribution < -0.4 is 0 Å². The summed E-state index contributed by atoms with van der Waals surface area (Å²) >= 11 is 1.94. The summed E-state index contributed by atoms with van der Waals surface area (Å²) in [4.78, 5) is 8.71. The SMILES string of the molecule is OCCCC1CCCN1Cc1cnc(C2CCCC2)s1. The summed E-state index contributed by atoms with van der Waals surface area (Å²) in [6, 6.07) is 0.680. The third kappa shape index (κ3) is 3.41. The maximum Gasteiger partial charge on any atom is 0.0959 e. The van der Waals surface area contributed by atoms with Gasteiger partial charge in [0.25, 0.3) is 0 Å². The Kier molecular flexibility index (Phi) is 5.08. The van der Waals surface area contributed by atoms with Crippen LogP contribution in [0.4, 0.5) is 0 Å². The molecule has 0 bridgehead atoms. The molecule has 20 heavy (non-hydrogen) atoms. The summed E-state index contributed by atoms with van der Waals surface area (Å²) in [6.07, 6.45) is 12.3. The fourth-order valence-corrected chi connectivity index (χ4v) is 4.83. The molecular weight excluding hydrogens is 268 g/mol. The van der Waals surface area contributed by atoms with Gasteiger partial charge in [0.15, 0.2) is 0 Å². The summed E-state index contributed by atoms with van der Waals surface area (Å²) in [7, 11) is 0. The standard InChI is InChI=1S/C16H26N2OS/c19-10-4-8-14-7-3-9-18(14)12-15-11-17-16(20-15)13-5-1-2-6-13/h11,13-14,19H,1-10,12H2. The predicted octanol–water partition coefficient (Wildman–Crippen LogP) is 3.54. The Morgan fingerprint density at radius 3 is 2.90 bits per heavy atom. The van der Waals surface area contributed by atoms with Gasteiger partial charge in [0.2, 0.25) is 0 Å². The average Bonchev–Trinajstić information content (AvgIpc) is 3.18. The van der Waals surface area contributed by atoms with Crippen molar-refractivity contribution >= 4 is 11.3 Å². The number of aromatic nitrogens is 1. The van der Waals surface area contributed by atoms with Crippen molar-refractivity contribution in [2.45, 2.75) is 69.9 Å². The van der Waals surface area contributed by atoms with E-state index in [2.05, 4.69) is 16.1 Å². The maximum atomic E-state index is 9.00. The molecule has 4 heteroatoms. The molecule has 1 aromatic rings. The minimum Gasteiger partial charge on any atom is -0.396 e. The van der Waals surface area contributed by atoms with E-state index in [1.165, 1.54) is 55.0 Å². The minimum absolute atomic E-state index is 0.330. The minimum atomic E-state index is 0.330. The summed E-state index contributed by atoms with van der Waals surface area (Å²) in [5, 5.41) is 10.4. The number of rotatable bonds is 6. The van der Waals surface area contributed by atoms with Crippen molar-refractivity contribution in [3.8, 4) is 0 Å². The zero-order chi connectivity index (χ0) is 13.8. The van der Waals surface area contributed by atoms with E-state index in [0.29, 0.717) is 12.6 Å². The lowest BCUT2D eigenvalue weighted by molar-refractivity contribution is 0.211. The van der Waals surface area contributed by atoms with E-state index in [4.69, 9.17) is 5.11 Å². The molecule has 1 saturated carbocycles. The third-order valence-electron chi connectivity index (χ3n) is 4.83. The smallest absolute Gasteiger partial charge is 0.0959 e. The van der Waals surface area contributed by atoms with Crippen LogP contribution in [-0.2, 0) is 6.54 Å². The maximum absolute atomic E-state index is 9.00. The molecule has 2 aliphatic rings. The lowest BCUT2D eigenvalue weighted by Crippen LogP contribution is -2.28. The topological polar surface area (TPSA) is 36.4 Å². The molecule has 3 nitrogen and oxygen atoms in total. The molecule has 0 aromatic carbocycles. The first-order valence-electron chi connectivity index (χ1n) is 8.16. The Morgan fingerprint density at radius 2 is 2.10 bits per heavy atom. The molecule has 2 heterocycles. The highest BCUT2D eigenvalue weighted by atomic mass is 32.1. The molecule has 1 unspecified atom stereocenters. The van der Waals surface area contributed by atoms with E-state index >= 15 is 0 Å². The molecule has 1 aromatic heterocycles. The van der Waals surface area contributed by atoms with Gasteiger partial charge >= 0.3 is 0 Å². The Balaban J connectivity index is 1.56. The van der Waals surface area contributed by atoms with Crippen LogP contribution in [-0.4, -0.2) is 34.2 Å². The van der Waals surface area contributed by atoms with Gasteiger partial charge in [-0.3, -0.25) is 4.90 Å². The number of nitrogens with zero attached hydrogens (tertiary/aromatic N) is 2. The first-order valence-corrected chi connectivity index (χ1v) is 8.98. The molecule has 3 rings (SSSR count). The number of thiazole rings is 1. The van der Waals surface area contributed by atoms with Crippen LogP contribution in [0.25, 0.3) is 0 Å². The van der Waals surface area contributed by atoms with Crippen molar-refractivity contribution in [3.63, 3.8) is 0 Å². The molecule has 1 aliphatic carbocycles. The Labute approximate surface area is 126 Å². The van der Waals surface area contributed by atoms with E-state index in [1.807, 2.05) is 11.3 Å². The second kappa shape index (κ2) is 7.01. The molecule has 1 saturated heterocycles. The largest absolute Gasteiger partial charge is 0.396 e. The molecule has 0 radical (unpaired) electrons. The third-order valence-corrected chi connectivity index (χ3v) is 5.97. The molecule has 1 atom stereocenters. The zero-order valence-corrected chi connectivity index (χ0v) is 13.1. The Hall–Kier alpha value is -0.450. The van der Waals surface area contributed by atoms with Crippen LogP contribution in [0.1, 0.15) is 67.2 Å². The lowest BCUT2D eigenvalue weighted by Gasteiger charge is -2.23. The van der Waals surface area contributed by atoms with Gasteiger partial charge in [0.05, 0.1) is 5.01 Å². The second-order valence-corrected chi connectivity index (χ2v) is 7.43. The lowest BCUT2D eigenvalue weighted by atomic mass is 10.1. The molecule has 1 aliphatic heterocycles. The van der Waals surface area contributed by atoms with E-state index < -0.39 is 0 Å².